The number of amides is 1. The number of benzene rings is 1. The van der Waals surface area contributed by atoms with Crippen LogP contribution in [0.15, 0.2) is 36.7 Å². The lowest BCUT2D eigenvalue weighted by atomic mass is 10.1. The fourth-order valence-corrected chi connectivity index (χ4v) is 2.19. The maximum atomic E-state index is 12.3. The van der Waals surface area contributed by atoms with Crippen molar-refractivity contribution in [3.8, 4) is 5.88 Å². The Bertz CT molecular complexity index is 931. The van der Waals surface area contributed by atoms with Crippen molar-refractivity contribution in [2.45, 2.75) is 38.5 Å². The molecule has 31 heavy (non-hydrogen) atoms. The van der Waals surface area contributed by atoms with Gasteiger partial charge in [-0.25, -0.2) is 14.8 Å². The van der Waals surface area contributed by atoms with Crippen LogP contribution in [0.2, 0.25) is 0 Å². The highest BCUT2D eigenvalue weighted by Crippen LogP contribution is 2.21. The van der Waals surface area contributed by atoms with E-state index < -0.39 is 24.0 Å². The molecule has 0 radical (unpaired) electrons. The lowest BCUT2D eigenvalue weighted by Gasteiger charge is -2.17. The molecule has 0 saturated heterocycles. The highest BCUT2D eigenvalue weighted by Gasteiger charge is 2.42. The van der Waals surface area contributed by atoms with Gasteiger partial charge in [0.05, 0.1) is 5.60 Å². The fourth-order valence-electron chi connectivity index (χ4n) is 2.19. The van der Waals surface area contributed by atoms with Gasteiger partial charge in [0.25, 0.3) is 5.91 Å². The van der Waals surface area contributed by atoms with Gasteiger partial charge in [0.15, 0.2) is 6.23 Å². The Balaban J connectivity index is 2.00. The zero-order valence-corrected chi connectivity index (χ0v) is 16.6. The summed E-state index contributed by atoms with van der Waals surface area (Å²) in [6, 6.07) is 7.61. The van der Waals surface area contributed by atoms with Crippen molar-refractivity contribution in [1.82, 2.24) is 15.3 Å². The van der Waals surface area contributed by atoms with E-state index in [-0.39, 0.29) is 30.6 Å². The first-order valence-corrected chi connectivity index (χ1v) is 8.93. The standard InChI is InChI=1S/C19H21F3N4O5/c1-18(2,29)9-24-16(27)12-5-3-4-11(6-12)8-30-14-7-13(25-10-26-14)15(23)31-17(28)19(20,21)22/h3-7,10,15,29H,8-9,23H2,1-2H3,(H,24,27). The van der Waals surface area contributed by atoms with E-state index in [0.29, 0.717) is 11.1 Å². The van der Waals surface area contributed by atoms with Gasteiger partial charge in [0, 0.05) is 18.2 Å². The van der Waals surface area contributed by atoms with Crippen molar-refractivity contribution in [3.05, 3.63) is 53.5 Å². The molecule has 2 aromatic rings. The number of carbonyl (C=O) groups excluding carboxylic acids is 2. The largest absolute Gasteiger partial charge is 0.490 e. The minimum atomic E-state index is -5.19. The van der Waals surface area contributed by atoms with E-state index in [1.165, 1.54) is 0 Å². The maximum absolute atomic E-state index is 12.3. The molecule has 1 atom stereocenters. The smallest absolute Gasteiger partial charge is 0.473 e. The van der Waals surface area contributed by atoms with E-state index in [0.717, 1.165) is 12.4 Å². The lowest BCUT2D eigenvalue weighted by molar-refractivity contribution is -0.205. The van der Waals surface area contributed by atoms with Crippen LogP contribution < -0.4 is 15.8 Å². The number of hydrogen-bond donors (Lipinski definition) is 3. The van der Waals surface area contributed by atoms with Crippen molar-refractivity contribution in [1.29, 1.82) is 0 Å². The maximum Gasteiger partial charge on any atom is 0.490 e. The Morgan fingerprint density at radius 1 is 1.23 bits per heavy atom. The first kappa shape index (κ1) is 24.0. The summed E-state index contributed by atoms with van der Waals surface area (Å²) < 4.78 is 46.4. The molecule has 1 unspecified atom stereocenters. The van der Waals surface area contributed by atoms with Crippen LogP contribution in [0, 0.1) is 0 Å². The Morgan fingerprint density at radius 2 is 1.94 bits per heavy atom. The number of ether oxygens (including phenoxy) is 2. The molecule has 0 aliphatic carbocycles. The number of hydrogen-bond acceptors (Lipinski definition) is 8. The van der Waals surface area contributed by atoms with Gasteiger partial charge >= 0.3 is 12.1 Å². The second-order valence-electron chi connectivity index (χ2n) is 7.09. The van der Waals surface area contributed by atoms with Crippen molar-refractivity contribution >= 4 is 11.9 Å². The van der Waals surface area contributed by atoms with Crippen LogP contribution in [0.1, 0.15) is 41.7 Å². The van der Waals surface area contributed by atoms with Gasteiger partial charge < -0.3 is 19.9 Å². The highest BCUT2D eigenvalue weighted by atomic mass is 19.4. The quantitative estimate of drug-likeness (QED) is 0.414. The number of halogens is 3. The fraction of sp³-hybridized carbons (Fsp3) is 0.368. The molecule has 168 valence electrons. The van der Waals surface area contributed by atoms with Crippen LogP contribution in [0.25, 0.3) is 0 Å². The normalized spacial score (nSPS) is 12.7. The van der Waals surface area contributed by atoms with Crippen molar-refractivity contribution in [3.63, 3.8) is 0 Å². The number of nitrogens with zero attached hydrogens (tertiary/aromatic N) is 2. The van der Waals surface area contributed by atoms with E-state index in [1.807, 2.05) is 0 Å². The minimum Gasteiger partial charge on any atom is -0.473 e. The lowest BCUT2D eigenvalue weighted by Crippen LogP contribution is -2.38. The molecule has 4 N–H and O–H groups in total. The number of esters is 1. The molecule has 0 aliphatic heterocycles. The van der Waals surface area contributed by atoms with Crippen LogP contribution in [-0.4, -0.2) is 45.3 Å². The predicted molar refractivity (Wildman–Crippen MR) is 101 cm³/mol. The summed E-state index contributed by atoms with van der Waals surface area (Å²) in [5, 5.41) is 12.3. The molecule has 1 aromatic heterocycles. The Morgan fingerprint density at radius 3 is 2.58 bits per heavy atom. The summed E-state index contributed by atoms with van der Waals surface area (Å²) >= 11 is 0. The third-order valence-electron chi connectivity index (χ3n) is 3.68. The molecule has 2 rings (SSSR count). The van der Waals surface area contributed by atoms with Crippen LogP contribution in [0.5, 0.6) is 5.88 Å². The number of alkyl halides is 3. The Hall–Kier alpha value is -3.25. The molecular weight excluding hydrogens is 421 g/mol. The van der Waals surface area contributed by atoms with Crippen LogP contribution >= 0.6 is 0 Å². The Labute approximate surface area is 175 Å². The molecule has 12 heteroatoms. The number of carbonyl (C=O) groups is 2. The van der Waals surface area contributed by atoms with Crippen LogP contribution in [0.3, 0.4) is 0 Å². The summed E-state index contributed by atoms with van der Waals surface area (Å²) in [5.74, 6) is -2.85. The van der Waals surface area contributed by atoms with E-state index in [9.17, 15) is 27.9 Å². The van der Waals surface area contributed by atoms with Gasteiger partial charge in [-0.1, -0.05) is 12.1 Å². The molecule has 9 nitrogen and oxygen atoms in total. The summed E-state index contributed by atoms with van der Waals surface area (Å²) in [4.78, 5) is 30.6. The summed E-state index contributed by atoms with van der Waals surface area (Å²) in [6.45, 7) is 3.16. The zero-order valence-electron chi connectivity index (χ0n) is 16.6. The first-order chi connectivity index (χ1) is 14.3. The molecule has 0 saturated carbocycles. The van der Waals surface area contributed by atoms with Crippen molar-refractivity contribution < 1.29 is 37.3 Å². The molecule has 0 fully saturated rings. The third-order valence-corrected chi connectivity index (χ3v) is 3.68. The average Bonchev–Trinajstić information content (AvgIpc) is 2.69. The summed E-state index contributed by atoms with van der Waals surface area (Å²) in [5.41, 5.74) is 5.12. The van der Waals surface area contributed by atoms with Gasteiger partial charge in [-0.3, -0.25) is 10.5 Å². The average molecular weight is 442 g/mol. The van der Waals surface area contributed by atoms with Gasteiger partial charge in [-0.05, 0) is 31.5 Å². The second-order valence-corrected chi connectivity index (χ2v) is 7.09. The third kappa shape index (κ3) is 7.83. The Kier molecular flexibility index (Phi) is 7.52. The molecule has 0 aliphatic rings. The van der Waals surface area contributed by atoms with Gasteiger partial charge in [-0.15, -0.1) is 0 Å². The van der Waals surface area contributed by atoms with E-state index in [2.05, 4.69) is 20.0 Å². The molecule has 0 spiro atoms. The topological polar surface area (TPSA) is 137 Å². The van der Waals surface area contributed by atoms with E-state index in [1.54, 1.807) is 38.1 Å². The van der Waals surface area contributed by atoms with Gasteiger partial charge in [-0.2, -0.15) is 13.2 Å². The SMILES string of the molecule is CC(C)(O)CNC(=O)c1cccc(COc2cc(C(N)OC(=O)C(F)(F)F)ncn2)c1. The summed E-state index contributed by atoms with van der Waals surface area (Å²) in [7, 11) is 0. The number of nitrogens with two attached hydrogens (primary N) is 1. The predicted octanol–water partition coefficient (Wildman–Crippen LogP) is 1.62. The minimum absolute atomic E-state index is 0.0271. The highest BCUT2D eigenvalue weighted by molar-refractivity contribution is 5.94. The number of nitrogens with one attached hydrogen (secondary N) is 1. The molecule has 1 amide bonds. The zero-order chi connectivity index (χ0) is 23.2. The molecule has 1 heterocycles. The molecular formula is C19H21F3N4O5. The number of aromatic nitrogens is 2. The number of aliphatic hydroxyl groups is 1. The molecule has 1 aromatic carbocycles. The van der Waals surface area contributed by atoms with Gasteiger partial charge in [0.2, 0.25) is 5.88 Å². The van der Waals surface area contributed by atoms with Crippen molar-refractivity contribution in [2.75, 3.05) is 6.54 Å². The summed E-state index contributed by atoms with van der Waals surface area (Å²) in [6.07, 6.45) is -5.96. The first-order valence-electron chi connectivity index (χ1n) is 8.93. The number of rotatable bonds is 8. The van der Waals surface area contributed by atoms with Crippen LogP contribution in [0.4, 0.5) is 13.2 Å². The van der Waals surface area contributed by atoms with Crippen LogP contribution in [-0.2, 0) is 16.1 Å². The van der Waals surface area contributed by atoms with Crippen molar-refractivity contribution in [2.24, 2.45) is 5.73 Å². The molecule has 0 bridgehead atoms. The second kappa shape index (κ2) is 9.71. The van der Waals surface area contributed by atoms with E-state index >= 15 is 0 Å². The van der Waals surface area contributed by atoms with E-state index in [4.69, 9.17) is 10.5 Å². The monoisotopic (exact) mass is 442 g/mol. The van der Waals surface area contributed by atoms with Gasteiger partial charge in [0.1, 0.15) is 18.6 Å².